The van der Waals surface area contributed by atoms with Gasteiger partial charge in [0.1, 0.15) is 0 Å². The first-order valence-corrected chi connectivity index (χ1v) is 14.0. The van der Waals surface area contributed by atoms with Gasteiger partial charge in [-0.05, 0) is 62.5 Å². The van der Waals surface area contributed by atoms with Crippen LogP contribution in [0.25, 0.3) is 43.9 Å². The Morgan fingerprint density at radius 3 is 2.00 bits per heavy atom. The molecule has 7 aromatic rings. The summed E-state index contributed by atoms with van der Waals surface area (Å²) in [6.45, 7) is 0. The van der Waals surface area contributed by atoms with Crippen molar-refractivity contribution < 1.29 is 0 Å². The van der Waals surface area contributed by atoms with Crippen LogP contribution >= 0.6 is 0 Å². The number of benzene rings is 6. The van der Waals surface area contributed by atoms with Gasteiger partial charge in [0.05, 0.1) is 22.8 Å². The van der Waals surface area contributed by atoms with E-state index in [0.717, 1.165) is 22.5 Å². The fourth-order valence-electron chi connectivity index (χ4n) is 6.14. The molecule has 6 aromatic carbocycles. The summed E-state index contributed by atoms with van der Waals surface area (Å²) in [6, 6.07) is 51.9. The Labute approximate surface area is 239 Å². The highest BCUT2D eigenvalue weighted by Crippen LogP contribution is 2.42. The van der Waals surface area contributed by atoms with Crippen molar-refractivity contribution in [2.24, 2.45) is 4.99 Å². The van der Waals surface area contributed by atoms with E-state index in [4.69, 9.17) is 9.98 Å². The predicted octanol–water partition coefficient (Wildman–Crippen LogP) is 9.99. The molecule has 1 unspecified atom stereocenters. The second-order valence-corrected chi connectivity index (χ2v) is 10.6. The molecular formula is C39H26N2. The number of nitrogens with zero attached hydrogens (tertiary/aromatic N) is 2. The Hall–Kier alpha value is -5.34. The van der Waals surface area contributed by atoms with Gasteiger partial charge in [-0.3, -0.25) is 9.98 Å². The van der Waals surface area contributed by atoms with Crippen LogP contribution in [-0.4, -0.2) is 10.7 Å². The SMILES string of the molecule is c1ccc(C2C(c3cccc(-c4ccc(-c5ccc6c(c5)ncc5ccccc56)cc4)c3)=Nc3ccccc32)cc1. The predicted molar refractivity (Wildman–Crippen MR) is 171 cm³/mol. The van der Waals surface area contributed by atoms with Crippen molar-refractivity contribution in [1.82, 2.24) is 4.98 Å². The molecule has 1 aliphatic heterocycles. The van der Waals surface area contributed by atoms with E-state index in [1.807, 2.05) is 6.20 Å². The highest BCUT2D eigenvalue weighted by Gasteiger charge is 2.29. The lowest BCUT2D eigenvalue weighted by Crippen LogP contribution is -2.11. The molecule has 1 atom stereocenters. The van der Waals surface area contributed by atoms with Crippen LogP contribution in [0.1, 0.15) is 22.6 Å². The van der Waals surface area contributed by atoms with Gasteiger partial charge in [0.2, 0.25) is 0 Å². The minimum absolute atomic E-state index is 0.128. The van der Waals surface area contributed by atoms with Crippen molar-refractivity contribution in [2.45, 2.75) is 5.92 Å². The standard InChI is InChI=1S/C39H26N2/c1-2-9-28(10-3-1)38-35-15-6-7-16-36(35)41-39(38)31-13-8-12-29(23-31)26-17-19-27(20-18-26)30-21-22-34-33-14-5-4-11-32(33)25-40-37(34)24-30/h1-25,38H. The second-order valence-electron chi connectivity index (χ2n) is 10.6. The number of fused-ring (bicyclic) bond motifs is 4. The van der Waals surface area contributed by atoms with Crippen LogP contribution in [0.15, 0.2) is 157 Å². The molecule has 0 saturated heterocycles. The number of hydrogen-bond donors (Lipinski definition) is 0. The Morgan fingerprint density at radius 2 is 1.15 bits per heavy atom. The smallest absolute Gasteiger partial charge is 0.0714 e. The number of aliphatic imine (C=N–C) groups is 1. The van der Waals surface area contributed by atoms with E-state index in [0.29, 0.717) is 0 Å². The molecular weight excluding hydrogens is 496 g/mol. The lowest BCUT2D eigenvalue weighted by atomic mass is 9.85. The summed E-state index contributed by atoms with van der Waals surface area (Å²) in [4.78, 5) is 9.86. The average molecular weight is 523 g/mol. The molecule has 192 valence electrons. The molecule has 0 amide bonds. The number of hydrogen-bond acceptors (Lipinski definition) is 2. The van der Waals surface area contributed by atoms with Crippen LogP contribution in [-0.2, 0) is 0 Å². The van der Waals surface area contributed by atoms with E-state index in [-0.39, 0.29) is 5.92 Å². The Bertz CT molecular complexity index is 2090. The number of para-hydroxylation sites is 1. The lowest BCUT2D eigenvalue weighted by Gasteiger charge is -2.16. The van der Waals surface area contributed by atoms with Crippen LogP contribution in [0.4, 0.5) is 5.69 Å². The molecule has 8 rings (SSSR count). The molecule has 0 N–H and O–H groups in total. The Morgan fingerprint density at radius 1 is 0.463 bits per heavy atom. The van der Waals surface area contributed by atoms with Gasteiger partial charge < -0.3 is 0 Å². The lowest BCUT2D eigenvalue weighted by molar-refractivity contribution is 1.11. The largest absolute Gasteiger partial charge is 0.256 e. The van der Waals surface area contributed by atoms with Gasteiger partial charge in [-0.2, -0.15) is 0 Å². The molecule has 1 aliphatic rings. The molecule has 0 fully saturated rings. The summed E-state index contributed by atoms with van der Waals surface area (Å²) < 4.78 is 0. The zero-order valence-corrected chi connectivity index (χ0v) is 22.4. The van der Waals surface area contributed by atoms with Crippen molar-refractivity contribution in [3.63, 3.8) is 0 Å². The molecule has 1 aromatic heterocycles. The first-order valence-electron chi connectivity index (χ1n) is 14.0. The highest BCUT2D eigenvalue weighted by atomic mass is 14.8. The summed E-state index contributed by atoms with van der Waals surface area (Å²) >= 11 is 0. The van der Waals surface area contributed by atoms with Crippen LogP contribution in [0, 0.1) is 0 Å². The summed E-state index contributed by atoms with van der Waals surface area (Å²) in [5.41, 5.74) is 11.6. The van der Waals surface area contributed by atoms with Crippen molar-refractivity contribution in [3.05, 3.63) is 168 Å². The molecule has 41 heavy (non-hydrogen) atoms. The molecule has 0 bridgehead atoms. The molecule has 2 heterocycles. The molecule has 0 radical (unpaired) electrons. The summed E-state index contributed by atoms with van der Waals surface area (Å²) in [7, 11) is 0. The van der Waals surface area contributed by atoms with Crippen molar-refractivity contribution >= 4 is 33.1 Å². The maximum atomic E-state index is 5.12. The molecule has 0 saturated carbocycles. The summed E-state index contributed by atoms with van der Waals surface area (Å²) in [5.74, 6) is 0.128. The fraction of sp³-hybridized carbons (Fsp3) is 0.0256. The average Bonchev–Trinajstić information content (AvgIpc) is 3.45. The molecule has 2 nitrogen and oxygen atoms in total. The van der Waals surface area contributed by atoms with Gasteiger partial charge in [-0.25, -0.2) is 0 Å². The Balaban J connectivity index is 1.13. The third-order valence-corrected chi connectivity index (χ3v) is 8.20. The highest BCUT2D eigenvalue weighted by molar-refractivity contribution is 6.12. The van der Waals surface area contributed by atoms with Gasteiger partial charge in [-0.15, -0.1) is 0 Å². The maximum absolute atomic E-state index is 5.12. The first-order chi connectivity index (χ1) is 20.3. The zero-order valence-electron chi connectivity index (χ0n) is 22.4. The van der Waals surface area contributed by atoms with E-state index < -0.39 is 0 Å². The van der Waals surface area contributed by atoms with Crippen LogP contribution in [0.3, 0.4) is 0 Å². The number of aromatic nitrogens is 1. The van der Waals surface area contributed by atoms with Crippen molar-refractivity contribution in [3.8, 4) is 22.3 Å². The van der Waals surface area contributed by atoms with E-state index in [1.54, 1.807) is 0 Å². The topological polar surface area (TPSA) is 25.2 Å². The van der Waals surface area contributed by atoms with E-state index in [1.165, 1.54) is 49.5 Å². The summed E-state index contributed by atoms with van der Waals surface area (Å²) in [5, 5.41) is 3.59. The van der Waals surface area contributed by atoms with Crippen molar-refractivity contribution in [2.75, 3.05) is 0 Å². The van der Waals surface area contributed by atoms with E-state index in [9.17, 15) is 0 Å². The molecule has 0 spiro atoms. The van der Waals surface area contributed by atoms with Gasteiger partial charge >= 0.3 is 0 Å². The zero-order chi connectivity index (χ0) is 27.2. The second kappa shape index (κ2) is 9.69. The van der Waals surface area contributed by atoms with Crippen molar-refractivity contribution in [1.29, 1.82) is 0 Å². The quantitative estimate of drug-likeness (QED) is 0.211. The van der Waals surface area contributed by atoms with E-state index in [2.05, 4.69) is 146 Å². The third kappa shape index (κ3) is 4.13. The van der Waals surface area contributed by atoms with Crippen LogP contribution in [0.2, 0.25) is 0 Å². The monoisotopic (exact) mass is 522 g/mol. The third-order valence-electron chi connectivity index (χ3n) is 8.20. The minimum Gasteiger partial charge on any atom is -0.256 e. The van der Waals surface area contributed by atoms with Gasteiger partial charge in [-0.1, -0.05) is 127 Å². The Kier molecular flexibility index (Phi) is 5.56. The van der Waals surface area contributed by atoms with Crippen LogP contribution < -0.4 is 0 Å². The fourth-order valence-corrected chi connectivity index (χ4v) is 6.14. The van der Waals surface area contributed by atoms with Gasteiger partial charge in [0.15, 0.2) is 0 Å². The maximum Gasteiger partial charge on any atom is 0.0714 e. The molecule has 2 heteroatoms. The van der Waals surface area contributed by atoms with Gasteiger partial charge in [0.25, 0.3) is 0 Å². The minimum atomic E-state index is 0.128. The van der Waals surface area contributed by atoms with Crippen LogP contribution in [0.5, 0.6) is 0 Å². The molecule has 0 aliphatic carbocycles. The summed E-state index contributed by atoms with van der Waals surface area (Å²) in [6.07, 6.45) is 1.97. The van der Waals surface area contributed by atoms with E-state index >= 15 is 0 Å². The number of pyridine rings is 1. The normalized spacial score (nSPS) is 14.2. The number of rotatable bonds is 4. The first kappa shape index (κ1) is 23.5. The van der Waals surface area contributed by atoms with Gasteiger partial charge in [0, 0.05) is 17.0 Å².